The largest absolute Gasteiger partial charge is 0.412 e. The van der Waals surface area contributed by atoms with Gasteiger partial charge in [0, 0.05) is 19.0 Å². The van der Waals surface area contributed by atoms with Crippen molar-refractivity contribution in [1.29, 1.82) is 0 Å². The maximum absolute atomic E-state index is 12.3. The van der Waals surface area contributed by atoms with E-state index in [1.54, 1.807) is 26.0 Å². The quantitative estimate of drug-likeness (QED) is 0.744. The fourth-order valence-electron chi connectivity index (χ4n) is 3.64. The molecule has 1 aliphatic carbocycles. The molecule has 6 nitrogen and oxygen atoms in total. The first-order chi connectivity index (χ1) is 13.8. The third-order valence-electron chi connectivity index (χ3n) is 5.39. The second-order valence-corrected chi connectivity index (χ2v) is 9.91. The van der Waals surface area contributed by atoms with Gasteiger partial charge in [-0.1, -0.05) is 42.8 Å². The number of ether oxygens (including phenoxy) is 1. The average Bonchev–Trinajstić information content (AvgIpc) is 3.16. The molecule has 1 aliphatic rings. The summed E-state index contributed by atoms with van der Waals surface area (Å²) in [4.78, 5) is 11.3. The van der Waals surface area contributed by atoms with Gasteiger partial charge in [0.2, 0.25) is 10.0 Å². The molecule has 29 heavy (non-hydrogen) atoms. The molecule has 2 N–H and O–H groups in total. The van der Waals surface area contributed by atoms with E-state index < -0.39 is 21.4 Å². The molecule has 0 unspecified atom stereocenters. The van der Waals surface area contributed by atoms with E-state index in [4.69, 9.17) is 4.74 Å². The summed E-state index contributed by atoms with van der Waals surface area (Å²) in [6.07, 6.45) is 2.37. The van der Waals surface area contributed by atoms with Crippen LogP contribution in [0, 0.1) is 0 Å². The van der Waals surface area contributed by atoms with E-state index in [2.05, 4.69) is 34.3 Å². The minimum absolute atomic E-state index is 0.0469. The van der Waals surface area contributed by atoms with Crippen LogP contribution in [0.3, 0.4) is 0 Å². The molecule has 2 atom stereocenters. The number of amides is 1. The van der Waals surface area contributed by atoms with Gasteiger partial charge in [-0.25, -0.2) is 17.9 Å². The summed E-state index contributed by atoms with van der Waals surface area (Å²) in [5.74, 6) is 0.678. The van der Waals surface area contributed by atoms with Gasteiger partial charge in [-0.05, 0) is 55.5 Å². The van der Waals surface area contributed by atoms with Crippen LogP contribution >= 0.6 is 0 Å². The van der Waals surface area contributed by atoms with Gasteiger partial charge >= 0.3 is 6.09 Å². The van der Waals surface area contributed by atoms with Crippen molar-refractivity contribution in [3.63, 3.8) is 0 Å². The Morgan fingerprint density at radius 2 is 1.59 bits per heavy atom. The van der Waals surface area contributed by atoms with Gasteiger partial charge in [0.25, 0.3) is 0 Å². The van der Waals surface area contributed by atoms with Crippen molar-refractivity contribution in [1.82, 2.24) is 10.0 Å². The topological polar surface area (TPSA) is 84.5 Å². The summed E-state index contributed by atoms with van der Waals surface area (Å²) in [7, 11) is -1.76. The fraction of sp³-hybridized carbons (Fsp3) is 0.409. The Labute approximate surface area is 172 Å². The van der Waals surface area contributed by atoms with Crippen molar-refractivity contribution in [2.75, 3.05) is 7.05 Å². The molecule has 3 rings (SSSR count). The summed E-state index contributed by atoms with van der Waals surface area (Å²) < 4.78 is 32.5. The normalized spacial score (nSPS) is 19.3. The van der Waals surface area contributed by atoms with Gasteiger partial charge in [0.15, 0.2) is 0 Å². The van der Waals surface area contributed by atoms with E-state index in [9.17, 15) is 13.2 Å². The lowest BCUT2D eigenvalue weighted by atomic mass is 9.93. The second kappa shape index (κ2) is 8.97. The molecule has 0 bridgehead atoms. The van der Waals surface area contributed by atoms with Gasteiger partial charge in [0.1, 0.15) is 5.75 Å². The molecule has 0 radical (unpaired) electrons. The molecule has 2 aromatic rings. The van der Waals surface area contributed by atoms with Crippen LogP contribution in [0.25, 0.3) is 11.1 Å². The van der Waals surface area contributed by atoms with Crippen molar-refractivity contribution >= 4 is 16.1 Å². The van der Waals surface area contributed by atoms with Gasteiger partial charge in [-0.3, -0.25) is 0 Å². The van der Waals surface area contributed by atoms with Crippen LogP contribution in [0.2, 0.25) is 0 Å². The highest BCUT2D eigenvalue weighted by atomic mass is 32.2. The van der Waals surface area contributed by atoms with Crippen LogP contribution in [-0.2, 0) is 10.0 Å². The lowest BCUT2D eigenvalue weighted by molar-refractivity contribution is 0.203. The van der Waals surface area contributed by atoms with Crippen LogP contribution in [0.1, 0.15) is 44.6 Å². The Morgan fingerprint density at radius 3 is 2.14 bits per heavy atom. The fourth-order valence-corrected chi connectivity index (χ4v) is 4.62. The molecule has 7 heteroatoms. The zero-order valence-electron chi connectivity index (χ0n) is 17.0. The monoisotopic (exact) mass is 416 g/mol. The Bertz CT molecular complexity index is 938. The smallest absolute Gasteiger partial charge is 0.410 e. The summed E-state index contributed by atoms with van der Waals surface area (Å²) in [6.45, 7) is 3.40. The van der Waals surface area contributed by atoms with Crippen LogP contribution in [0.4, 0.5) is 4.79 Å². The van der Waals surface area contributed by atoms with Crippen LogP contribution in [0.5, 0.6) is 5.75 Å². The maximum Gasteiger partial charge on any atom is 0.412 e. The number of hydrogen-bond acceptors (Lipinski definition) is 4. The molecule has 0 saturated heterocycles. The highest BCUT2D eigenvalue weighted by molar-refractivity contribution is 7.90. The molecule has 1 saturated carbocycles. The zero-order chi connectivity index (χ0) is 21.0. The molecule has 0 aliphatic heterocycles. The van der Waals surface area contributed by atoms with E-state index in [1.165, 1.54) is 7.05 Å². The molecule has 156 valence electrons. The van der Waals surface area contributed by atoms with Gasteiger partial charge in [-0.15, -0.1) is 0 Å². The summed E-state index contributed by atoms with van der Waals surface area (Å²) in [6, 6.07) is 15.5. The third kappa shape index (κ3) is 5.16. The molecular formula is C22H28N2O4S. The van der Waals surface area contributed by atoms with E-state index in [0.717, 1.165) is 36.0 Å². The number of sulfonamides is 1. The summed E-state index contributed by atoms with van der Waals surface area (Å²) >= 11 is 0. The van der Waals surface area contributed by atoms with E-state index in [-0.39, 0.29) is 12.0 Å². The van der Waals surface area contributed by atoms with Crippen molar-refractivity contribution in [2.24, 2.45) is 0 Å². The van der Waals surface area contributed by atoms with E-state index >= 15 is 0 Å². The van der Waals surface area contributed by atoms with Crippen molar-refractivity contribution < 1.29 is 17.9 Å². The lowest BCUT2D eigenvalue weighted by Gasteiger charge is -2.23. The van der Waals surface area contributed by atoms with E-state index in [0.29, 0.717) is 5.75 Å². The number of carbonyl (C=O) groups excluding carboxylic acids is 1. The second-order valence-electron chi connectivity index (χ2n) is 7.64. The average molecular weight is 417 g/mol. The van der Waals surface area contributed by atoms with Gasteiger partial charge < -0.3 is 10.1 Å². The number of hydrogen-bond donors (Lipinski definition) is 2. The van der Waals surface area contributed by atoms with Crippen molar-refractivity contribution in [3.8, 4) is 16.9 Å². The van der Waals surface area contributed by atoms with Gasteiger partial charge in [0.05, 0.1) is 5.25 Å². The minimum atomic E-state index is -3.28. The number of nitrogens with one attached hydrogen (secondary N) is 2. The first-order valence-electron chi connectivity index (χ1n) is 9.91. The molecule has 1 amide bonds. The first-order valence-corrected chi connectivity index (χ1v) is 11.5. The highest BCUT2D eigenvalue weighted by Crippen LogP contribution is 2.36. The van der Waals surface area contributed by atoms with Crippen molar-refractivity contribution in [3.05, 3.63) is 54.1 Å². The zero-order valence-corrected chi connectivity index (χ0v) is 17.8. The highest BCUT2D eigenvalue weighted by Gasteiger charge is 2.32. The van der Waals surface area contributed by atoms with Crippen LogP contribution in [0.15, 0.2) is 48.5 Å². The predicted molar refractivity (Wildman–Crippen MR) is 115 cm³/mol. The van der Waals surface area contributed by atoms with Crippen LogP contribution in [-0.4, -0.2) is 32.9 Å². The summed E-state index contributed by atoms with van der Waals surface area (Å²) in [5.41, 5.74) is 3.23. The maximum atomic E-state index is 12.3. The number of rotatable bonds is 6. The predicted octanol–water partition coefficient (Wildman–Crippen LogP) is 4.04. The number of carbonyl (C=O) groups is 1. The SMILES string of the molecule is CNC(=O)Oc1ccc(-c2ccc([C@@H]3CCC[C@H]3NS(=O)(=O)C(C)C)cc2)cc1. The molecule has 0 aromatic heterocycles. The number of benzene rings is 2. The molecule has 0 spiro atoms. The standard InChI is InChI=1S/C22H28N2O4S/c1-15(2)29(26,27)24-21-6-4-5-20(21)18-9-7-16(8-10-18)17-11-13-19(14-12-17)28-22(25)23-3/h7-15,20-21,24H,4-6H2,1-3H3,(H,23,25)/t20-,21+/m0/s1. The van der Waals surface area contributed by atoms with Gasteiger partial charge in [-0.2, -0.15) is 0 Å². The molecule has 0 heterocycles. The molecule has 2 aromatic carbocycles. The summed E-state index contributed by atoms with van der Waals surface area (Å²) in [5, 5.41) is 1.98. The Balaban J connectivity index is 1.72. The molecular weight excluding hydrogens is 388 g/mol. The molecule has 1 fully saturated rings. The minimum Gasteiger partial charge on any atom is -0.410 e. The Kier molecular flexibility index (Phi) is 6.59. The lowest BCUT2D eigenvalue weighted by Crippen LogP contribution is -2.40. The first kappa shape index (κ1) is 21.3. The van der Waals surface area contributed by atoms with E-state index in [1.807, 2.05) is 12.1 Å². The third-order valence-corrected chi connectivity index (χ3v) is 7.27. The Hall–Kier alpha value is -2.38. The Morgan fingerprint density at radius 1 is 1.00 bits per heavy atom. The van der Waals surface area contributed by atoms with Crippen molar-refractivity contribution in [2.45, 2.75) is 50.3 Å². The van der Waals surface area contributed by atoms with Crippen LogP contribution < -0.4 is 14.8 Å².